The smallest absolute Gasteiger partial charge is 0.288 e. The van der Waals surface area contributed by atoms with Crippen LogP contribution in [0.5, 0.6) is 0 Å². The highest BCUT2D eigenvalue weighted by Crippen LogP contribution is 2.30. The lowest BCUT2D eigenvalue weighted by atomic mass is 10.1. The van der Waals surface area contributed by atoms with Crippen LogP contribution in [0.3, 0.4) is 0 Å². The molecule has 2 aromatic rings. The summed E-state index contributed by atoms with van der Waals surface area (Å²) in [6, 6.07) is 14.8. The van der Waals surface area contributed by atoms with Crippen LogP contribution >= 0.6 is 11.6 Å². The Hall–Kier alpha value is -2.86. The normalized spacial score (nSPS) is 17.4. The number of nitro groups is 1. The molecule has 1 atom stereocenters. The maximum absolute atomic E-state index is 12.2. The zero-order chi connectivity index (χ0) is 16.4. The SMILES string of the molecule is O=C1C(Cl)OC(c2ccc([N+](=O)[O-])cc2)=CN1c1ccccc1. The van der Waals surface area contributed by atoms with E-state index in [0.29, 0.717) is 17.0 Å². The predicted molar refractivity (Wildman–Crippen MR) is 85.7 cm³/mol. The number of hydrogen-bond acceptors (Lipinski definition) is 4. The van der Waals surface area contributed by atoms with Gasteiger partial charge < -0.3 is 4.74 Å². The molecule has 0 aromatic heterocycles. The quantitative estimate of drug-likeness (QED) is 0.490. The second-order valence-corrected chi connectivity index (χ2v) is 5.17. The number of para-hydroxylation sites is 1. The van der Waals surface area contributed by atoms with Gasteiger partial charge in [-0.2, -0.15) is 0 Å². The number of carbonyl (C=O) groups excluding carboxylic acids is 1. The molecule has 1 aliphatic heterocycles. The van der Waals surface area contributed by atoms with Gasteiger partial charge in [-0.15, -0.1) is 0 Å². The third-order valence-corrected chi connectivity index (χ3v) is 3.58. The Kier molecular flexibility index (Phi) is 3.99. The summed E-state index contributed by atoms with van der Waals surface area (Å²) in [5.74, 6) is -0.0353. The molecule has 0 spiro atoms. The zero-order valence-corrected chi connectivity index (χ0v) is 12.5. The molecule has 3 rings (SSSR count). The molecule has 1 amide bonds. The van der Waals surface area contributed by atoms with E-state index in [1.54, 1.807) is 36.4 Å². The Morgan fingerprint density at radius 2 is 1.74 bits per heavy atom. The minimum Gasteiger partial charge on any atom is -0.463 e. The minimum absolute atomic E-state index is 0.0245. The van der Waals surface area contributed by atoms with Crippen LogP contribution in [0, 0.1) is 10.1 Å². The molecule has 0 saturated heterocycles. The second kappa shape index (κ2) is 6.10. The van der Waals surface area contributed by atoms with E-state index in [1.165, 1.54) is 23.2 Å². The fourth-order valence-corrected chi connectivity index (χ4v) is 2.36. The summed E-state index contributed by atoms with van der Waals surface area (Å²) in [6.45, 7) is 0. The number of ether oxygens (including phenoxy) is 1. The van der Waals surface area contributed by atoms with Crippen LogP contribution in [-0.2, 0) is 9.53 Å². The van der Waals surface area contributed by atoms with Gasteiger partial charge in [0.1, 0.15) is 5.76 Å². The molecule has 23 heavy (non-hydrogen) atoms. The molecular weight excluding hydrogens is 320 g/mol. The van der Waals surface area contributed by atoms with Crippen molar-refractivity contribution in [3.05, 3.63) is 76.5 Å². The summed E-state index contributed by atoms with van der Waals surface area (Å²) in [4.78, 5) is 23.8. The van der Waals surface area contributed by atoms with Gasteiger partial charge in [-0.25, -0.2) is 0 Å². The Morgan fingerprint density at radius 1 is 1.09 bits per heavy atom. The summed E-state index contributed by atoms with van der Waals surface area (Å²) < 4.78 is 5.40. The van der Waals surface area contributed by atoms with Crippen LogP contribution in [-0.4, -0.2) is 16.4 Å². The topological polar surface area (TPSA) is 72.7 Å². The van der Waals surface area contributed by atoms with Crippen LogP contribution in [0.1, 0.15) is 5.56 Å². The molecule has 1 heterocycles. The van der Waals surface area contributed by atoms with Crippen molar-refractivity contribution >= 4 is 34.6 Å². The Morgan fingerprint density at radius 3 is 2.35 bits per heavy atom. The van der Waals surface area contributed by atoms with E-state index in [2.05, 4.69) is 0 Å². The van der Waals surface area contributed by atoms with Crippen LogP contribution in [0.15, 0.2) is 60.8 Å². The maximum Gasteiger partial charge on any atom is 0.288 e. The maximum atomic E-state index is 12.2. The zero-order valence-electron chi connectivity index (χ0n) is 11.8. The molecular formula is C16H11ClN2O4. The van der Waals surface area contributed by atoms with E-state index >= 15 is 0 Å². The number of halogens is 1. The molecule has 7 heteroatoms. The van der Waals surface area contributed by atoms with Crippen molar-refractivity contribution in [3.63, 3.8) is 0 Å². The van der Waals surface area contributed by atoms with Gasteiger partial charge in [0.25, 0.3) is 17.2 Å². The highest BCUT2D eigenvalue weighted by Gasteiger charge is 2.30. The summed E-state index contributed by atoms with van der Waals surface area (Å²) in [5, 5.41) is 10.7. The van der Waals surface area contributed by atoms with Crippen molar-refractivity contribution in [2.75, 3.05) is 4.90 Å². The van der Waals surface area contributed by atoms with Gasteiger partial charge in [-0.05, 0) is 24.3 Å². The number of anilines is 1. The third-order valence-electron chi connectivity index (χ3n) is 3.31. The molecule has 2 aromatic carbocycles. The minimum atomic E-state index is -1.16. The average molecular weight is 331 g/mol. The third kappa shape index (κ3) is 3.02. The van der Waals surface area contributed by atoms with E-state index in [9.17, 15) is 14.9 Å². The van der Waals surface area contributed by atoms with Crippen LogP contribution in [0.25, 0.3) is 5.76 Å². The number of carbonyl (C=O) groups is 1. The second-order valence-electron chi connectivity index (χ2n) is 4.78. The van der Waals surface area contributed by atoms with Gasteiger partial charge in [0, 0.05) is 23.4 Å². The number of nitrogens with zero attached hydrogens (tertiary/aromatic N) is 2. The lowest BCUT2D eigenvalue weighted by molar-refractivity contribution is -0.384. The van der Waals surface area contributed by atoms with E-state index < -0.39 is 16.4 Å². The van der Waals surface area contributed by atoms with Crippen LogP contribution in [0.4, 0.5) is 11.4 Å². The monoisotopic (exact) mass is 330 g/mol. The summed E-state index contributed by atoms with van der Waals surface area (Å²) in [5.41, 5.74) is 0.0644. The van der Waals surface area contributed by atoms with Gasteiger partial charge in [0.15, 0.2) is 0 Å². The Bertz CT molecular complexity index is 774. The number of benzene rings is 2. The highest BCUT2D eigenvalue weighted by molar-refractivity contribution is 6.32. The van der Waals surface area contributed by atoms with Crippen molar-refractivity contribution in [1.29, 1.82) is 0 Å². The molecule has 0 aliphatic carbocycles. The first kappa shape index (κ1) is 15.1. The predicted octanol–water partition coefficient (Wildman–Crippen LogP) is 3.52. The number of non-ortho nitro benzene ring substituents is 1. The fourth-order valence-electron chi connectivity index (χ4n) is 2.16. The molecule has 0 fully saturated rings. The van der Waals surface area contributed by atoms with E-state index in [0.717, 1.165) is 0 Å². The molecule has 0 radical (unpaired) electrons. The van der Waals surface area contributed by atoms with Gasteiger partial charge in [-0.3, -0.25) is 19.8 Å². The first-order chi connectivity index (χ1) is 11.1. The molecule has 1 unspecified atom stereocenters. The van der Waals surface area contributed by atoms with Crippen molar-refractivity contribution < 1.29 is 14.5 Å². The van der Waals surface area contributed by atoms with Gasteiger partial charge in [0.2, 0.25) is 0 Å². The van der Waals surface area contributed by atoms with E-state index in [1.807, 2.05) is 6.07 Å². The van der Waals surface area contributed by atoms with Crippen LogP contribution < -0.4 is 4.90 Å². The average Bonchev–Trinajstić information content (AvgIpc) is 2.58. The molecule has 0 saturated carbocycles. The Labute approximate surface area is 136 Å². The fraction of sp³-hybridized carbons (Fsp3) is 0.0625. The standard InChI is InChI=1S/C16H11ClN2O4/c17-15-16(20)18(12-4-2-1-3-5-12)10-14(23-15)11-6-8-13(9-7-11)19(21)22/h1-10,15H. The molecule has 0 bridgehead atoms. The summed E-state index contributed by atoms with van der Waals surface area (Å²) in [6.07, 6.45) is 1.53. The summed E-state index contributed by atoms with van der Waals surface area (Å²) in [7, 11) is 0. The van der Waals surface area contributed by atoms with E-state index in [-0.39, 0.29) is 5.69 Å². The summed E-state index contributed by atoms with van der Waals surface area (Å²) >= 11 is 5.98. The van der Waals surface area contributed by atoms with E-state index in [4.69, 9.17) is 16.3 Å². The number of alkyl halides is 1. The van der Waals surface area contributed by atoms with Crippen molar-refractivity contribution in [2.24, 2.45) is 0 Å². The number of amides is 1. The van der Waals surface area contributed by atoms with Crippen molar-refractivity contribution in [3.8, 4) is 0 Å². The van der Waals surface area contributed by atoms with Gasteiger partial charge in [0.05, 0.1) is 11.1 Å². The molecule has 6 nitrogen and oxygen atoms in total. The molecule has 1 aliphatic rings. The Balaban J connectivity index is 1.98. The van der Waals surface area contributed by atoms with Crippen molar-refractivity contribution in [1.82, 2.24) is 0 Å². The lowest BCUT2D eigenvalue weighted by Gasteiger charge is -2.28. The largest absolute Gasteiger partial charge is 0.463 e. The molecule has 116 valence electrons. The lowest BCUT2D eigenvalue weighted by Crippen LogP contribution is -2.38. The number of rotatable bonds is 3. The number of hydrogen-bond donors (Lipinski definition) is 0. The number of nitro benzene ring substituents is 1. The first-order valence-corrected chi connectivity index (χ1v) is 7.15. The van der Waals surface area contributed by atoms with Gasteiger partial charge in [-0.1, -0.05) is 29.8 Å². The van der Waals surface area contributed by atoms with Crippen LogP contribution in [0.2, 0.25) is 0 Å². The highest BCUT2D eigenvalue weighted by atomic mass is 35.5. The van der Waals surface area contributed by atoms with Gasteiger partial charge >= 0.3 is 0 Å². The first-order valence-electron chi connectivity index (χ1n) is 6.72. The van der Waals surface area contributed by atoms with Crippen molar-refractivity contribution in [2.45, 2.75) is 5.56 Å². The molecule has 0 N–H and O–H groups in total.